The fraction of sp³-hybridized carbons (Fsp3) is 0.375. The number of aromatic nitrogens is 1. The van der Waals surface area contributed by atoms with E-state index >= 15 is 0 Å². The molecule has 1 N–H and O–H groups in total. The SMILES string of the molecule is CC(C)c1cnc(Cl)c(O)c1. The summed E-state index contributed by atoms with van der Waals surface area (Å²) in [5.41, 5.74) is 0.993. The Kier molecular flexibility index (Phi) is 2.35. The number of aromatic hydroxyl groups is 1. The van der Waals surface area contributed by atoms with Crippen LogP contribution in [0.25, 0.3) is 0 Å². The van der Waals surface area contributed by atoms with E-state index in [2.05, 4.69) is 4.98 Å². The van der Waals surface area contributed by atoms with E-state index in [0.29, 0.717) is 5.92 Å². The minimum atomic E-state index is 0.0536. The van der Waals surface area contributed by atoms with Crippen LogP contribution >= 0.6 is 11.6 Å². The first-order valence-corrected chi connectivity index (χ1v) is 3.83. The summed E-state index contributed by atoms with van der Waals surface area (Å²) in [5.74, 6) is 0.420. The molecule has 2 nitrogen and oxygen atoms in total. The van der Waals surface area contributed by atoms with E-state index in [1.807, 2.05) is 13.8 Å². The third-order valence-electron chi connectivity index (χ3n) is 1.51. The number of halogens is 1. The highest BCUT2D eigenvalue weighted by atomic mass is 35.5. The second kappa shape index (κ2) is 3.09. The van der Waals surface area contributed by atoms with Gasteiger partial charge in [0.2, 0.25) is 0 Å². The Morgan fingerprint density at radius 1 is 1.55 bits per heavy atom. The summed E-state index contributed by atoms with van der Waals surface area (Å²) in [6.45, 7) is 4.06. The first kappa shape index (κ1) is 8.34. The Morgan fingerprint density at radius 2 is 2.18 bits per heavy atom. The number of nitrogens with zero attached hydrogens (tertiary/aromatic N) is 1. The summed E-state index contributed by atoms with van der Waals surface area (Å²) < 4.78 is 0. The van der Waals surface area contributed by atoms with Crippen LogP contribution in [0, 0.1) is 0 Å². The molecule has 0 unspecified atom stereocenters. The minimum Gasteiger partial charge on any atom is -0.505 e. The van der Waals surface area contributed by atoms with Gasteiger partial charge < -0.3 is 5.11 Å². The fourth-order valence-corrected chi connectivity index (χ4v) is 0.871. The first-order chi connectivity index (χ1) is 5.11. The van der Waals surface area contributed by atoms with Crippen molar-refractivity contribution in [3.63, 3.8) is 0 Å². The van der Waals surface area contributed by atoms with Crippen LogP contribution in [0.15, 0.2) is 12.3 Å². The summed E-state index contributed by atoms with van der Waals surface area (Å²) in [4.78, 5) is 3.82. The number of hydrogen-bond donors (Lipinski definition) is 1. The van der Waals surface area contributed by atoms with Crippen molar-refractivity contribution in [1.29, 1.82) is 0 Å². The predicted octanol–water partition coefficient (Wildman–Crippen LogP) is 2.56. The lowest BCUT2D eigenvalue weighted by molar-refractivity contribution is 0.471. The molecule has 60 valence electrons. The average Bonchev–Trinajstić information content (AvgIpc) is 1.94. The van der Waals surface area contributed by atoms with Crippen molar-refractivity contribution < 1.29 is 5.11 Å². The van der Waals surface area contributed by atoms with Crippen LogP contribution in [-0.4, -0.2) is 10.1 Å². The van der Waals surface area contributed by atoms with Gasteiger partial charge in [0.25, 0.3) is 0 Å². The molecule has 0 radical (unpaired) electrons. The first-order valence-electron chi connectivity index (χ1n) is 3.45. The topological polar surface area (TPSA) is 33.1 Å². The number of pyridine rings is 1. The molecule has 0 saturated heterocycles. The van der Waals surface area contributed by atoms with E-state index in [1.165, 1.54) is 0 Å². The van der Waals surface area contributed by atoms with Crippen LogP contribution < -0.4 is 0 Å². The van der Waals surface area contributed by atoms with E-state index in [-0.39, 0.29) is 10.9 Å². The molecule has 1 rings (SSSR count). The molecule has 0 atom stereocenters. The molecule has 0 bridgehead atoms. The van der Waals surface area contributed by atoms with Crippen molar-refractivity contribution in [3.8, 4) is 5.75 Å². The molecule has 0 saturated carbocycles. The lowest BCUT2D eigenvalue weighted by atomic mass is 10.1. The van der Waals surface area contributed by atoms with E-state index < -0.39 is 0 Å². The van der Waals surface area contributed by atoms with Crippen LogP contribution in [-0.2, 0) is 0 Å². The zero-order valence-corrected chi connectivity index (χ0v) is 7.26. The summed E-state index contributed by atoms with van der Waals surface area (Å²) in [7, 11) is 0. The van der Waals surface area contributed by atoms with Crippen molar-refractivity contribution in [1.82, 2.24) is 4.98 Å². The Hall–Kier alpha value is -0.760. The van der Waals surface area contributed by atoms with Crippen molar-refractivity contribution >= 4 is 11.6 Å². The molecular formula is C8H10ClNO. The van der Waals surface area contributed by atoms with Crippen LogP contribution in [0.2, 0.25) is 5.15 Å². The summed E-state index contributed by atoms with van der Waals surface area (Å²) in [5, 5.41) is 9.32. The van der Waals surface area contributed by atoms with Gasteiger partial charge >= 0.3 is 0 Å². The maximum atomic E-state index is 9.15. The van der Waals surface area contributed by atoms with Gasteiger partial charge in [-0.15, -0.1) is 0 Å². The Labute approximate surface area is 70.8 Å². The van der Waals surface area contributed by atoms with Gasteiger partial charge in [0.05, 0.1) is 0 Å². The van der Waals surface area contributed by atoms with Crippen LogP contribution in [0.4, 0.5) is 0 Å². The lowest BCUT2D eigenvalue weighted by Crippen LogP contribution is -1.88. The van der Waals surface area contributed by atoms with Crippen molar-refractivity contribution in [2.75, 3.05) is 0 Å². The zero-order valence-electron chi connectivity index (χ0n) is 6.50. The largest absolute Gasteiger partial charge is 0.505 e. The van der Waals surface area contributed by atoms with Crippen molar-refractivity contribution in [2.24, 2.45) is 0 Å². The molecule has 11 heavy (non-hydrogen) atoms. The van der Waals surface area contributed by atoms with E-state index in [4.69, 9.17) is 16.7 Å². The minimum absolute atomic E-state index is 0.0536. The third kappa shape index (κ3) is 1.84. The van der Waals surface area contributed by atoms with Gasteiger partial charge in [0.15, 0.2) is 10.9 Å². The van der Waals surface area contributed by atoms with Crippen LogP contribution in [0.3, 0.4) is 0 Å². The Morgan fingerprint density at radius 3 is 2.64 bits per heavy atom. The van der Waals surface area contributed by atoms with Gasteiger partial charge in [-0.05, 0) is 17.5 Å². The summed E-state index contributed by atoms with van der Waals surface area (Å²) in [6.07, 6.45) is 1.67. The Bertz CT molecular complexity index is 260. The molecule has 0 aromatic carbocycles. The highest BCUT2D eigenvalue weighted by molar-refractivity contribution is 6.30. The molecule has 0 amide bonds. The summed E-state index contributed by atoms with van der Waals surface area (Å²) >= 11 is 5.52. The zero-order chi connectivity index (χ0) is 8.43. The maximum absolute atomic E-state index is 9.15. The van der Waals surface area contributed by atoms with Gasteiger partial charge in [-0.2, -0.15) is 0 Å². The maximum Gasteiger partial charge on any atom is 0.170 e. The van der Waals surface area contributed by atoms with Gasteiger partial charge in [-0.25, -0.2) is 4.98 Å². The average molecular weight is 172 g/mol. The van der Waals surface area contributed by atoms with Gasteiger partial charge in [-0.1, -0.05) is 25.4 Å². The molecule has 0 fully saturated rings. The fourth-order valence-electron chi connectivity index (χ4n) is 0.768. The molecule has 3 heteroatoms. The monoisotopic (exact) mass is 171 g/mol. The second-order valence-corrected chi connectivity index (χ2v) is 3.09. The molecule has 1 aromatic rings. The lowest BCUT2D eigenvalue weighted by Gasteiger charge is -2.04. The van der Waals surface area contributed by atoms with Gasteiger partial charge in [0, 0.05) is 6.20 Å². The van der Waals surface area contributed by atoms with E-state index in [9.17, 15) is 0 Å². The Balaban J connectivity index is 3.05. The predicted molar refractivity (Wildman–Crippen MR) is 45.0 cm³/mol. The molecule has 1 aromatic heterocycles. The van der Waals surface area contributed by atoms with Crippen molar-refractivity contribution in [3.05, 3.63) is 23.0 Å². The molecule has 0 spiro atoms. The quantitative estimate of drug-likeness (QED) is 0.659. The highest BCUT2D eigenvalue weighted by Crippen LogP contribution is 2.24. The molecule has 0 aliphatic rings. The smallest absolute Gasteiger partial charge is 0.170 e. The van der Waals surface area contributed by atoms with Gasteiger partial charge in [-0.3, -0.25) is 0 Å². The molecule has 1 heterocycles. The normalized spacial score (nSPS) is 10.5. The second-order valence-electron chi connectivity index (χ2n) is 2.73. The molecular weight excluding hydrogens is 162 g/mol. The third-order valence-corrected chi connectivity index (χ3v) is 1.80. The number of hydrogen-bond acceptors (Lipinski definition) is 2. The van der Waals surface area contributed by atoms with Crippen LogP contribution in [0.1, 0.15) is 25.3 Å². The van der Waals surface area contributed by atoms with E-state index in [1.54, 1.807) is 12.3 Å². The van der Waals surface area contributed by atoms with Crippen LogP contribution in [0.5, 0.6) is 5.75 Å². The molecule has 0 aliphatic carbocycles. The van der Waals surface area contributed by atoms with Crippen molar-refractivity contribution in [2.45, 2.75) is 19.8 Å². The highest BCUT2D eigenvalue weighted by Gasteiger charge is 2.03. The molecule has 0 aliphatic heterocycles. The summed E-state index contributed by atoms with van der Waals surface area (Å²) in [6, 6.07) is 1.64. The van der Waals surface area contributed by atoms with E-state index in [0.717, 1.165) is 5.56 Å². The number of rotatable bonds is 1. The van der Waals surface area contributed by atoms with Gasteiger partial charge in [0.1, 0.15) is 0 Å². The standard InChI is InChI=1S/C8H10ClNO/c1-5(2)6-3-7(11)8(9)10-4-6/h3-5,11H,1-2H3.